The minimum Gasteiger partial charge on any atom is -0.393 e. The minimum atomic E-state index is -1.03. The van der Waals surface area contributed by atoms with Gasteiger partial charge in [-0.15, -0.1) is 0 Å². The fraction of sp³-hybridized carbons (Fsp3) is 0.412. The Morgan fingerprint density at radius 1 is 1.27 bits per heavy atom. The Balaban J connectivity index is 1.79. The van der Waals surface area contributed by atoms with Gasteiger partial charge >= 0.3 is 0 Å². The summed E-state index contributed by atoms with van der Waals surface area (Å²) in [6.07, 6.45) is 3.10. The van der Waals surface area contributed by atoms with E-state index in [-0.39, 0.29) is 18.4 Å². The molecule has 4 atom stereocenters. The predicted octanol–water partition coefficient (Wildman–Crippen LogP) is 1.11. The second-order valence-corrected chi connectivity index (χ2v) is 6.36. The first-order valence-corrected chi connectivity index (χ1v) is 7.41. The van der Waals surface area contributed by atoms with E-state index in [4.69, 9.17) is 4.74 Å². The van der Waals surface area contributed by atoms with E-state index < -0.39 is 23.5 Å². The second kappa shape index (κ2) is 4.27. The third kappa shape index (κ3) is 1.50. The summed E-state index contributed by atoms with van der Waals surface area (Å²) in [7, 11) is 0. The van der Waals surface area contributed by atoms with Crippen LogP contribution in [0.5, 0.6) is 0 Å². The highest BCUT2D eigenvalue weighted by molar-refractivity contribution is 6.23. The van der Waals surface area contributed by atoms with Gasteiger partial charge in [0, 0.05) is 0 Å². The summed E-state index contributed by atoms with van der Waals surface area (Å²) in [6.45, 7) is 3.57. The maximum atomic E-state index is 12.9. The molecule has 3 heterocycles. The Morgan fingerprint density at radius 2 is 2.05 bits per heavy atom. The molecule has 3 aliphatic rings. The Hall–Kier alpha value is -1.98. The Morgan fingerprint density at radius 3 is 2.73 bits per heavy atom. The van der Waals surface area contributed by atoms with Gasteiger partial charge in [0.2, 0.25) is 11.8 Å². The molecule has 2 bridgehead atoms. The first kappa shape index (κ1) is 13.7. The average Bonchev–Trinajstić information content (AvgIpc) is 3.12. The zero-order valence-electron chi connectivity index (χ0n) is 12.4. The van der Waals surface area contributed by atoms with Crippen molar-refractivity contribution in [1.29, 1.82) is 0 Å². The number of anilines is 1. The fourth-order valence-corrected chi connectivity index (χ4v) is 3.98. The van der Waals surface area contributed by atoms with Gasteiger partial charge < -0.3 is 9.84 Å². The van der Waals surface area contributed by atoms with Crippen LogP contribution in [0.3, 0.4) is 0 Å². The predicted molar refractivity (Wildman–Crippen MR) is 79.2 cm³/mol. The number of ether oxygens (including phenoxy) is 1. The van der Waals surface area contributed by atoms with Crippen molar-refractivity contribution in [3.05, 3.63) is 41.5 Å². The van der Waals surface area contributed by atoms with Crippen LogP contribution >= 0.6 is 0 Å². The molecule has 5 nitrogen and oxygen atoms in total. The van der Waals surface area contributed by atoms with E-state index in [0.717, 1.165) is 11.1 Å². The molecule has 1 N–H and O–H groups in total. The summed E-state index contributed by atoms with van der Waals surface area (Å²) >= 11 is 0. The van der Waals surface area contributed by atoms with E-state index >= 15 is 0 Å². The molecule has 0 radical (unpaired) electrons. The standard InChI is InChI=1S/C17H17NO4/c1-9-3-4-11(10(2)7-9)18-15(20)13-12-5-6-17(8-19,22-12)14(13)16(18)21/h3-7,12-14,19H,8H2,1-2H3/t12-,13+,14+,17+/m1/s1. The van der Waals surface area contributed by atoms with Crippen LogP contribution < -0.4 is 4.90 Å². The SMILES string of the molecule is Cc1ccc(N2C(=O)[C@@H]3[C@@H](C2=O)[C@@]2(CO)C=C[C@H]3O2)c(C)c1. The number of hydrogen-bond donors (Lipinski definition) is 1. The molecule has 4 rings (SSSR count). The van der Waals surface area contributed by atoms with Gasteiger partial charge in [-0.3, -0.25) is 9.59 Å². The number of amides is 2. The van der Waals surface area contributed by atoms with E-state index in [9.17, 15) is 14.7 Å². The lowest BCUT2D eigenvalue weighted by molar-refractivity contribution is -0.128. The van der Waals surface area contributed by atoms with Gasteiger partial charge in [-0.2, -0.15) is 0 Å². The molecule has 0 aromatic heterocycles. The van der Waals surface area contributed by atoms with Gasteiger partial charge in [0.25, 0.3) is 0 Å². The Labute approximate surface area is 128 Å². The summed E-state index contributed by atoms with van der Waals surface area (Å²) in [4.78, 5) is 26.9. The normalized spacial score (nSPS) is 35.6. The zero-order valence-corrected chi connectivity index (χ0v) is 12.4. The second-order valence-electron chi connectivity index (χ2n) is 6.36. The number of carbonyl (C=O) groups excluding carboxylic acids is 2. The van der Waals surface area contributed by atoms with E-state index in [2.05, 4.69) is 0 Å². The van der Waals surface area contributed by atoms with Crippen molar-refractivity contribution in [1.82, 2.24) is 0 Å². The number of aryl methyl sites for hydroxylation is 2. The number of nitrogens with zero attached hydrogens (tertiary/aromatic N) is 1. The van der Waals surface area contributed by atoms with Crippen molar-refractivity contribution >= 4 is 17.5 Å². The summed E-state index contributed by atoms with van der Waals surface area (Å²) in [5.74, 6) is -1.65. The summed E-state index contributed by atoms with van der Waals surface area (Å²) in [5, 5.41) is 9.68. The number of benzene rings is 1. The number of imide groups is 1. The van der Waals surface area contributed by atoms with Crippen LogP contribution in [0.4, 0.5) is 5.69 Å². The monoisotopic (exact) mass is 299 g/mol. The van der Waals surface area contributed by atoms with Crippen LogP contribution in [0, 0.1) is 25.7 Å². The van der Waals surface area contributed by atoms with Crippen molar-refractivity contribution in [2.24, 2.45) is 11.8 Å². The molecule has 2 saturated heterocycles. The molecule has 0 saturated carbocycles. The third-order valence-corrected chi connectivity index (χ3v) is 5.00. The van der Waals surface area contributed by atoms with E-state index in [1.54, 1.807) is 12.2 Å². The van der Waals surface area contributed by atoms with Gasteiger partial charge in [0.15, 0.2) is 0 Å². The molecule has 114 valence electrons. The third-order valence-electron chi connectivity index (χ3n) is 5.00. The van der Waals surface area contributed by atoms with Crippen LogP contribution in [0.2, 0.25) is 0 Å². The number of carbonyl (C=O) groups is 2. The lowest BCUT2D eigenvalue weighted by atomic mass is 9.77. The molecule has 1 aromatic rings. The summed E-state index contributed by atoms with van der Waals surface area (Å²) in [5.41, 5.74) is 1.57. The molecule has 0 spiro atoms. The fourth-order valence-electron chi connectivity index (χ4n) is 3.98. The van der Waals surface area contributed by atoms with Crippen LogP contribution in [0.15, 0.2) is 30.4 Å². The molecule has 2 amide bonds. The molecule has 3 aliphatic heterocycles. The number of aliphatic hydroxyl groups excluding tert-OH is 1. The quantitative estimate of drug-likeness (QED) is 0.656. The Kier molecular flexibility index (Phi) is 2.65. The van der Waals surface area contributed by atoms with E-state index in [1.165, 1.54) is 4.90 Å². The molecular formula is C17H17NO4. The highest BCUT2D eigenvalue weighted by Gasteiger charge is 2.67. The molecule has 22 heavy (non-hydrogen) atoms. The van der Waals surface area contributed by atoms with Gasteiger partial charge in [-0.1, -0.05) is 29.8 Å². The van der Waals surface area contributed by atoms with Gasteiger partial charge in [-0.05, 0) is 25.5 Å². The maximum Gasteiger partial charge on any atom is 0.241 e. The molecule has 5 heteroatoms. The largest absolute Gasteiger partial charge is 0.393 e. The van der Waals surface area contributed by atoms with Crippen LogP contribution in [-0.2, 0) is 14.3 Å². The van der Waals surface area contributed by atoms with E-state index in [0.29, 0.717) is 5.69 Å². The van der Waals surface area contributed by atoms with Crippen molar-refractivity contribution in [3.63, 3.8) is 0 Å². The maximum absolute atomic E-state index is 12.9. The van der Waals surface area contributed by atoms with Crippen molar-refractivity contribution < 1.29 is 19.4 Å². The first-order valence-electron chi connectivity index (χ1n) is 7.41. The van der Waals surface area contributed by atoms with Crippen LogP contribution in [0.25, 0.3) is 0 Å². The van der Waals surface area contributed by atoms with Gasteiger partial charge in [0.05, 0.1) is 30.2 Å². The smallest absolute Gasteiger partial charge is 0.241 e. The summed E-state index contributed by atoms with van der Waals surface area (Å²) < 4.78 is 5.72. The lowest BCUT2D eigenvalue weighted by Crippen LogP contribution is -2.43. The minimum absolute atomic E-state index is 0.230. The number of hydrogen-bond acceptors (Lipinski definition) is 4. The molecule has 0 unspecified atom stereocenters. The average molecular weight is 299 g/mol. The van der Waals surface area contributed by atoms with Crippen molar-refractivity contribution in [2.75, 3.05) is 11.5 Å². The van der Waals surface area contributed by atoms with Crippen LogP contribution in [0.1, 0.15) is 11.1 Å². The lowest BCUT2D eigenvalue weighted by Gasteiger charge is -2.26. The number of aliphatic hydroxyl groups is 1. The molecule has 1 aromatic carbocycles. The van der Waals surface area contributed by atoms with E-state index in [1.807, 2.05) is 32.0 Å². The van der Waals surface area contributed by atoms with Crippen LogP contribution in [-0.4, -0.2) is 35.2 Å². The first-order chi connectivity index (χ1) is 10.5. The van der Waals surface area contributed by atoms with Crippen molar-refractivity contribution in [3.8, 4) is 0 Å². The molecular weight excluding hydrogens is 282 g/mol. The summed E-state index contributed by atoms with van der Waals surface area (Å²) in [6, 6.07) is 5.65. The zero-order chi connectivity index (χ0) is 15.6. The van der Waals surface area contributed by atoms with Gasteiger partial charge in [-0.25, -0.2) is 4.90 Å². The number of rotatable bonds is 2. The highest BCUT2D eigenvalue weighted by Crippen LogP contribution is 2.52. The molecule has 0 aliphatic carbocycles. The Bertz CT molecular complexity index is 725. The van der Waals surface area contributed by atoms with Crippen molar-refractivity contribution in [2.45, 2.75) is 25.6 Å². The topological polar surface area (TPSA) is 66.8 Å². The van der Waals surface area contributed by atoms with Gasteiger partial charge in [0.1, 0.15) is 5.60 Å². The number of fused-ring (bicyclic) bond motifs is 5. The highest BCUT2D eigenvalue weighted by atomic mass is 16.5. The molecule has 2 fully saturated rings.